The Hall–Kier alpha value is -3.42. The van der Waals surface area contributed by atoms with Crippen molar-refractivity contribution in [2.75, 3.05) is 10.2 Å². The number of hydrogen-bond acceptors (Lipinski definition) is 6. The van der Waals surface area contributed by atoms with Crippen molar-refractivity contribution in [3.63, 3.8) is 0 Å². The Balaban J connectivity index is 1.26. The largest absolute Gasteiger partial charge is 0.382 e. The molecule has 0 spiro atoms. The summed E-state index contributed by atoms with van der Waals surface area (Å²) in [4.78, 5) is 43.2. The number of ketones is 1. The van der Waals surface area contributed by atoms with E-state index in [4.69, 9.17) is 5.73 Å². The standard InChI is InChI=1S/C25H29N5O3/c1-14(31)16-3-9-23(27-13-16)30-19-6-7-20(30)12-18(11-19)29-25(33)15-2-8-21(24(26)32)22(10-15)28-17-4-5-17/h2-3,8-10,13,17-20,28H,4-7,11-12H2,1H3,(H2,26,32)(H,29,33). The van der Waals surface area contributed by atoms with E-state index in [0.29, 0.717) is 40.5 Å². The maximum Gasteiger partial charge on any atom is 0.251 e. The molecule has 1 aromatic carbocycles. The molecule has 172 valence electrons. The highest BCUT2D eigenvalue weighted by Gasteiger charge is 2.41. The van der Waals surface area contributed by atoms with E-state index in [9.17, 15) is 14.4 Å². The second-order valence-corrected chi connectivity index (χ2v) is 9.44. The number of rotatable bonds is 7. The van der Waals surface area contributed by atoms with E-state index in [1.165, 1.54) is 0 Å². The minimum absolute atomic E-state index is 0.0118. The van der Waals surface area contributed by atoms with E-state index in [1.54, 1.807) is 31.3 Å². The average molecular weight is 448 g/mol. The lowest BCUT2D eigenvalue weighted by Crippen LogP contribution is -2.50. The number of nitrogens with zero attached hydrogens (tertiary/aromatic N) is 2. The van der Waals surface area contributed by atoms with Gasteiger partial charge in [0.05, 0.1) is 5.56 Å². The van der Waals surface area contributed by atoms with Gasteiger partial charge in [-0.15, -0.1) is 0 Å². The van der Waals surface area contributed by atoms with Crippen molar-refractivity contribution < 1.29 is 14.4 Å². The maximum atomic E-state index is 13.0. The Labute approximate surface area is 192 Å². The van der Waals surface area contributed by atoms with Gasteiger partial charge >= 0.3 is 0 Å². The molecule has 3 heterocycles. The fraction of sp³-hybridized carbons (Fsp3) is 0.440. The monoisotopic (exact) mass is 447 g/mol. The number of fused-ring (bicyclic) bond motifs is 2. The number of amides is 2. The van der Waals surface area contributed by atoms with Crippen LogP contribution < -0.4 is 21.3 Å². The predicted molar refractivity (Wildman–Crippen MR) is 126 cm³/mol. The summed E-state index contributed by atoms with van der Waals surface area (Å²) in [5.74, 6) is 0.276. The lowest BCUT2D eigenvalue weighted by molar-refractivity contribution is 0.0924. The molecule has 2 atom stereocenters. The van der Waals surface area contributed by atoms with Crippen LogP contribution in [0.1, 0.15) is 76.5 Å². The van der Waals surface area contributed by atoms with Crippen LogP contribution in [0.4, 0.5) is 11.5 Å². The first kappa shape index (κ1) is 21.4. The summed E-state index contributed by atoms with van der Waals surface area (Å²) < 4.78 is 0. The van der Waals surface area contributed by atoms with Crippen molar-refractivity contribution >= 4 is 29.1 Å². The highest BCUT2D eigenvalue weighted by atomic mass is 16.2. The third-order valence-electron chi connectivity index (χ3n) is 6.97. The Bertz CT molecular complexity index is 1080. The number of hydrogen-bond donors (Lipinski definition) is 3. The second kappa shape index (κ2) is 8.50. The third kappa shape index (κ3) is 4.42. The molecule has 8 heteroatoms. The minimum atomic E-state index is -0.501. The molecular formula is C25H29N5O3. The molecule has 1 aromatic heterocycles. The second-order valence-electron chi connectivity index (χ2n) is 9.44. The SMILES string of the molecule is CC(=O)c1ccc(N2C3CCC2CC(NC(=O)c2ccc(C(N)=O)c(NC4CC4)c2)C3)nc1. The normalized spacial score (nSPS) is 23.8. The van der Waals surface area contributed by atoms with Crippen LogP contribution >= 0.6 is 0 Å². The summed E-state index contributed by atoms with van der Waals surface area (Å²) in [5, 5.41) is 6.51. The highest BCUT2D eigenvalue weighted by Crippen LogP contribution is 2.38. The van der Waals surface area contributed by atoms with Gasteiger partial charge < -0.3 is 21.3 Å². The third-order valence-corrected chi connectivity index (χ3v) is 6.97. The van der Waals surface area contributed by atoms with E-state index >= 15 is 0 Å². The fourth-order valence-electron chi connectivity index (χ4n) is 5.15. The molecule has 2 aliphatic heterocycles. The van der Waals surface area contributed by atoms with E-state index in [-0.39, 0.29) is 17.7 Å². The first-order chi connectivity index (χ1) is 15.9. The van der Waals surface area contributed by atoms with Crippen LogP contribution in [0, 0.1) is 0 Å². The van der Waals surface area contributed by atoms with E-state index in [0.717, 1.165) is 44.3 Å². The lowest BCUT2D eigenvalue weighted by Gasteiger charge is -2.40. The quantitative estimate of drug-likeness (QED) is 0.562. The van der Waals surface area contributed by atoms with Crippen molar-refractivity contribution in [3.05, 3.63) is 53.2 Å². The van der Waals surface area contributed by atoms with Crippen LogP contribution in [0.25, 0.3) is 0 Å². The molecule has 2 amide bonds. The van der Waals surface area contributed by atoms with Crippen LogP contribution in [0.3, 0.4) is 0 Å². The Kier molecular flexibility index (Phi) is 5.52. The smallest absolute Gasteiger partial charge is 0.251 e. The number of Topliss-reactive ketones (excluding diaryl/α,β-unsaturated/α-hetero) is 1. The topological polar surface area (TPSA) is 117 Å². The molecule has 3 aliphatic rings. The van der Waals surface area contributed by atoms with Crippen LogP contribution in [-0.4, -0.2) is 46.7 Å². The van der Waals surface area contributed by atoms with E-state index < -0.39 is 5.91 Å². The van der Waals surface area contributed by atoms with Gasteiger partial charge in [-0.3, -0.25) is 14.4 Å². The molecule has 33 heavy (non-hydrogen) atoms. The van der Waals surface area contributed by atoms with Crippen molar-refractivity contribution in [2.24, 2.45) is 5.73 Å². The van der Waals surface area contributed by atoms with Gasteiger partial charge in [-0.2, -0.15) is 0 Å². The zero-order chi connectivity index (χ0) is 23.1. The number of nitrogens with one attached hydrogen (secondary N) is 2. The fourth-order valence-corrected chi connectivity index (χ4v) is 5.15. The summed E-state index contributed by atoms with van der Waals surface area (Å²) in [6.07, 6.45) is 7.60. The van der Waals surface area contributed by atoms with Gasteiger partial charge in [0.2, 0.25) is 0 Å². The van der Waals surface area contributed by atoms with Gasteiger partial charge in [-0.25, -0.2) is 4.98 Å². The van der Waals surface area contributed by atoms with Crippen LogP contribution in [-0.2, 0) is 0 Å². The van der Waals surface area contributed by atoms with E-state index in [1.807, 2.05) is 12.1 Å². The molecule has 0 radical (unpaired) electrons. The molecular weight excluding hydrogens is 418 g/mol. The molecule has 2 aromatic rings. The van der Waals surface area contributed by atoms with Gasteiger partial charge in [-0.1, -0.05) is 0 Å². The summed E-state index contributed by atoms with van der Waals surface area (Å²) >= 11 is 0. The number of benzene rings is 1. The zero-order valence-corrected chi connectivity index (χ0v) is 18.7. The molecule has 5 rings (SSSR count). The highest BCUT2D eigenvalue weighted by molar-refractivity contribution is 6.02. The van der Waals surface area contributed by atoms with Crippen LogP contribution in [0.2, 0.25) is 0 Å². The summed E-state index contributed by atoms with van der Waals surface area (Å²) in [5.41, 5.74) is 7.69. The molecule has 3 fully saturated rings. The lowest BCUT2D eigenvalue weighted by atomic mass is 9.96. The molecule has 4 N–H and O–H groups in total. The number of piperidine rings is 1. The number of anilines is 2. The molecule has 2 bridgehead atoms. The maximum absolute atomic E-state index is 13.0. The number of pyridine rings is 1. The molecule has 8 nitrogen and oxygen atoms in total. The first-order valence-electron chi connectivity index (χ1n) is 11.7. The van der Waals surface area contributed by atoms with Gasteiger partial charge in [0.25, 0.3) is 11.8 Å². The van der Waals surface area contributed by atoms with Gasteiger partial charge in [-0.05, 0) is 75.8 Å². The van der Waals surface area contributed by atoms with Crippen molar-refractivity contribution in [1.29, 1.82) is 0 Å². The molecule has 1 saturated carbocycles. The predicted octanol–water partition coefficient (Wildman–Crippen LogP) is 2.89. The number of carbonyl (C=O) groups is 3. The van der Waals surface area contributed by atoms with Gasteiger partial charge in [0, 0.05) is 47.2 Å². The average Bonchev–Trinajstić information content (AvgIpc) is 3.56. The zero-order valence-electron chi connectivity index (χ0n) is 18.7. The van der Waals surface area contributed by atoms with Crippen molar-refractivity contribution in [3.8, 4) is 0 Å². The molecule has 1 aliphatic carbocycles. The summed E-state index contributed by atoms with van der Waals surface area (Å²) in [6, 6.07) is 9.85. The number of nitrogens with two attached hydrogens (primary N) is 1. The first-order valence-corrected chi connectivity index (χ1v) is 11.7. The Morgan fingerprint density at radius 3 is 2.24 bits per heavy atom. The van der Waals surface area contributed by atoms with Crippen molar-refractivity contribution in [1.82, 2.24) is 10.3 Å². The molecule has 2 saturated heterocycles. The van der Waals surface area contributed by atoms with Crippen molar-refractivity contribution in [2.45, 2.75) is 69.6 Å². The van der Waals surface area contributed by atoms with Crippen LogP contribution in [0.15, 0.2) is 36.5 Å². The number of aromatic nitrogens is 1. The Morgan fingerprint density at radius 1 is 0.970 bits per heavy atom. The summed E-state index contributed by atoms with van der Waals surface area (Å²) in [7, 11) is 0. The summed E-state index contributed by atoms with van der Waals surface area (Å²) in [6.45, 7) is 1.54. The minimum Gasteiger partial charge on any atom is -0.382 e. The van der Waals surface area contributed by atoms with Gasteiger partial charge in [0.15, 0.2) is 5.78 Å². The number of primary amides is 1. The Morgan fingerprint density at radius 2 is 1.67 bits per heavy atom. The van der Waals surface area contributed by atoms with Crippen LogP contribution in [0.5, 0.6) is 0 Å². The number of carbonyl (C=O) groups excluding carboxylic acids is 3. The molecule has 2 unspecified atom stereocenters. The van der Waals surface area contributed by atoms with E-state index in [2.05, 4.69) is 20.5 Å². The van der Waals surface area contributed by atoms with Gasteiger partial charge in [0.1, 0.15) is 5.82 Å².